The highest BCUT2D eigenvalue weighted by molar-refractivity contribution is 4.77. The molecule has 0 unspecified atom stereocenters. The maximum Gasteiger partial charge on any atom is 0.0264 e. The van der Waals surface area contributed by atoms with Crippen molar-refractivity contribution in [1.29, 1.82) is 0 Å². The van der Waals surface area contributed by atoms with E-state index >= 15 is 0 Å². The summed E-state index contributed by atoms with van der Waals surface area (Å²) in [7, 11) is 0. The van der Waals surface area contributed by atoms with Crippen molar-refractivity contribution in [2.24, 2.45) is 56.2 Å². The molecule has 0 amide bonds. The van der Waals surface area contributed by atoms with Crippen molar-refractivity contribution in [1.82, 2.24) is 0 Å². The Labute approximate surface area is 318 Å². The Morgan fingerprint density at radius 3 is 0.479 bits per heavy atom. The lowest BCUT2D eigenvalue weighted by molar-refractivity contribution is 0.157. The van der Waals surface area contributed by atoms with Gasteiger partial charge in [-0.25, -0.2) is 0 Å². The van der Waals surface area contributed by atoms with Crippen LogP contribution in [-0.4, -0.2) is 0 Å². The van der Waals surface area contributed by atoms with Gasteiger partial charge in [-0.05, 0) is 56.2 Å². The largest absolute Gasteiger partial charge is 0.0654 e. The summed E-state index contributed by atoms with van der Waals surface area (Å²) in [6.45, 7) is 70.8. The first-order chi connectivity index (χ1) is 21.4. The summed E-state index contributed by atoms with van der Waals surface area (Å²) in [4.78, 5) is 0. The minimum absolute atomic E-state index is 0.437. The van der Waals surface area contributed by atoms with Crippen LogP contribution in [0.1, 0.15) is 263 Å². The lowest BCUT2D eigenvalue weighted by atomic mass is 9.71. The van der Waals surface area contributed by atoms with Crippen molar-refractivity contribution in [3.8, 4) is 0 Å². The van der Waals surface area contributed by atoms with Crippen LogP contribution in [-0.2, 0) is 0 Å². The van der Waals surface area contributed by atoms with Gasteiger partial charge in [-0.15, -0.1) is 0 Å². The summed E-state index contributed by atoms with van der Waals surface area (Å²) >= 11 is 0. The van der Waals surface area contributed by atoms with E-state index in [0.29, 0.717) is 38.9 Å². The molecule has 48 heavy (non-hydrogen) atoms. The highest BCUT2D eigenvalue weighted by Gasteiger charge is 2.26. The molecule has 0 aromatic rings. The summed E-state index contributed by atoms with van der Waals surface area (Å²) in [6, 6.07) is 0. The molecule has 0 N–H and O–H groups in total. The van der Waals surface area contributed by atoms with E-state index in [2.05, 4.69) is 208 Å². The molecule has 0 saturated carbocycles. The average Bonchev–Trinajstić information content (AvgIpc) is 2.87. The zero-order valence-corrected chi connectivity index (χ0v) is 41.3. The summed E-state index contributed by atoms with van der Waals surface area (Å²) < 4.78 is 13.7. The van der Waals surface area contributed by atoms with Crippen molar-refractivity contribution in [2.45, 2.75) is 260 Å². The van der Waals surface area contributed by atoms with Gasteiger partial charge in [0.15, 0.2) is 0 Å². The quantitative estimate of drug-likeness (QED) is 0.276. The van der Waals surface area contributed by atoms with Crippen molar-refractivity contribution in [3.63, 3.8) is 0 Å². The van der Waals surface area contributed by atoms with Crippen molar-refractivity contribution >= 4 is 0 Å². The third-order valence-corrected chi connectivity index (χ3v) is 10.0. The standard InChI is InChI=1S/C8H18.2C7H16.3C6H14.2C4H10/c1-7(2,3)8(4,5)6;2*1-6(2)7(3,4)5;2*1-5-6(2,3)4;1-5(2)6(3)4;2*1-3-4-2/h1-6H3;2*6H,1-5H3;2*5H2,1-4H3;5-6H,1-4H3;2*3-4H2,1-2H3/i;;;;;;3D2;. The monoisotopic (exact) mass is 691 g/mol. The summed E-state index contributed by atoms with van der Waals surface area (Å²) in [5, 5.41) is 0. The molecular formula is C48H112. The second-order valence-electron chi connectivity index (χ2n) is 21.6. The van der Waals surface area contributed by atoms with Crippen molar-refractivity contribution in [2.75, 3.05) is 0 Å². The van der Waals surface area contributed by atoms with E-state index in [-0.39, 0.29) is 0 Å². The van der Waals surface area contributed by atoms with Gasteiger partial charge in [0.2, 0.25) is 0 Å². The van der Waals surface area contributed by atoms with Gasteiger partial charge in [0.25, 0.3) is 0 Å². The Morgan fingerprint density at radius 1 is 0.354 bits per heavy atom. The fourth-order valence-electron chi connectivity index (χ4n) is 0. The summed E-state index contributed by atoms with van der Waals surface area (Å²) in [5.41, 5.74) is 2.96. The maximum atomic E-state index is 6.85. The van der Waals surface area contributed by atoms with E-state index in [1.165, 1.54) is 25.7 Å². The van der Waals surface area contributed by atoms with Gasteiger partial charge in [0, 0.05) is 2.74 Å². The van der Waals surface area contributed by atoms with E-state index < -0.39 is 6.37 Å². The Morgan fingerprint density at radius 2 is 0.479 bits per heavy atom. The molecule has 304 valence electrons. The maximum absolute atomic E-state index is 6.85. The molecule has 0 heteroatoms. The van der Waals surface area contributed by atoms with Crippen LogP contribution in [0.25, 0.3) is 0 Å². The molecule has 0 aliphatic heterocycles. The van der Waals surface area contributed by atoms with Crippen LogP contribution >= 0.6 is 0 Å². The molecule has 0 aliphatic carbocycles. The lowest BCUT2D eigenvalue weighted by Crippen LogP contribution is -2.25. The minimum Gasteiger partial charge on any atom is -0.0654 e. The van der Waals surface area contributed by atoms with Crippen LogP contribution in [0.4, 0.5) is 0 Å². The van der Waals surface area contributed by atoms with Crippen LogP contribution in [0.2, 0.25) is 0 Å². The van der Waals surface area contributed by atoms with Crippen LogP contribution in [0, 0.1) is 56.2 Å². The van der Waals surface area contributed by atoms with Gasteiger partial charge in [0.1, 0.15) is 0 Å². The molecule has 0 aliphatic rings. The Kier molecular flexibility index (Phi) is 42.7. The van der Waals surface area contributed by atoms with E-state index in [9.17, 15) is 0 Å². The average molecular weight is 691 g/mol. The fraction of sp³-hybridized carbons (Fsp3) is 1.00. The molecule has 0 spiro atoms. The van der Waals surface area contributed by atoms with Gasteiger partial charge in [-0.1, -0.05) is 260 Å². The predicted molar refractivity (Wildman–Crippen MR) is 238 cm³/mol. The number of unbranched alkanes of at least 4 members (excludes halogenated alkanes) is 1. The van der Waals surface area contributed by atoms with E-state index in [0.717, 1.165) is 23.7 Å². The van der Waals surface area contributed by atoms with Gasteiger partial charge < -0.3 is 0 Å². The van der Waals surface area contributed by atoms with Crippen LogP contribution in [0.15, 0.2) is 0 Å². The number of hydrogen-bond acceptors (Lipinski definition) is 0. The van der Waals surface area contributed by atoms with Crippen molar-refractivity contribution in [3.05, 3.63) is 0 Å². The summed E-state index contributed by atoms with van der Waals surface area (Å²) in [5.74, 6) is 3.30. The first-order valence-corrected chi connectivity index (χ1v) is 20.4. The molecule has 0 aromatic heterocycles. The molecule has 0 bridgehead atoms. The molecule has 0 saturated heterocycles. The topological polar surface area (TPSA) is 0 Å². The molecule has 0 atom stereocenters. The smallest absolute Gasteiger partial charge is 0.0264 e. The van der Waals surface area contributed by atoms with E-state index in [1.807, 2.05) is 6.92 Å². The summed E-state index contributed by atoms with van der Waals surface area (Å²) in [6.07, 6.45) is 4.83. The zero-order chi connectivity index (χ0) is 43.3. The number of rotatable bonds is 3. The molecule has 0 rings (SSSR count). The second kappa shape index (κ2) is 34.1. The molecule has 0 fully saturated rings. The zero-order valence-electron chi connectivity index (χ0n) is 43.3. The SMILES string of the molecule is CC(C)(C)C(C)(C)C.CC(C)C(C)(C)C.CC(C)C(C)(C)C.CC(C)C(C)C.CCC(C)(C)C.CCC(C)(C)C.CCCC.[2H]C([2H])(C)CC. The lowest BCUT2D eigenvalue weighted by Gasteiger charge is -2.34. The minimum atomic E-state index is -0.958. The fourth-order valence-corrected chi connectivity index (χ4v) is 0. The highest BCUT2D eigenvalue weighted by Crippen LogP contribution is 2.36. The third kappa shape index (κ3) is 85.5. The van der Waals surface area contributed by atoms with Crippen molar-refractivity contribution < 1.29 is 2.74 Å². The van der Waals surface area contributed by atoms with Gasteiger partial charge in [-0.3, -0.25) is 0 Å². The second-order valence-corrected chi connectivity index (χ2v) is 21.6. The van der Waals surface area contributed by atoms with Gasteiger partial charge in [0.05, 0.1) is 0 Å². The van der Waals surface area contributed by atoms with Crippen LogP contribution in [0.3, 0.4) is 0 Å². The van der Waals surface area contributed by atoms with E-state index in [4.69, 9.17) is 2.74 Å². The van der Waals surface area contributed by atoms with Crippen LogP contribution < -0.4 is 0 Å². The first kappa shape index (κ1) is 60.1. The molecule has 0 nitrogen and oxygen atoms in total. The van der Waals surface area contributed by atoms with Crippen LogP contribution in [0.5, 0.6) is 0 Å². The number of hydrogen-bond donors (Lipinski definition) is 0. The highest BCUT2D eigenvalue weighted by atomic mass is 14.3. The molecular weight excluding hydrogens is 577 g/mol. The molecule has 0 heterocycles. The third-order valence-electron chi connectivity index (χ3n) is 10.0. The normalized spacial score (nSPS) is 12.7. The Hall–Kier alpha value is 0. The van der Waals surface area contributed by atoms with E-state index in [1.54, 1.807) is 6.92 Å². The Bertz CT molecular complexity index is 560. The predicted octanol–water partition coefficient (Wildman–Crippen LogP) is 19.3. The Balaban J connectivity index is -0.0000000676. The molecule has 0 aromatic carbocycles. The van der Waals surface area contributed by atoms with Gasteiger partial charge in [-0.2, -0.15) is 0 Å². The first-order valence-electron chi connectivity index (χ1n) is 21.4. The molecule has 0 radical (unpaired) electrons. The van der Waals surface area contributed by atoms with Gasteiger partial charge >= 0.3 is 0 Å².